The fourth-order valence-corrected chi connectivity index (χ4v) is 5.31. The average molecular weight is 242 g/mol. The molecule has 14 heavy (non-hydrogen) atoms. The molecule has 0 amide bonds. The first-order chi connectivity index (χ1) is 6.29. The topological polar surface area (TPSA) is 74.6 Å². The molecule has 0 radical (unpaired) electrons. The van der Waals surface area contributed by atoms with Crippen molar-refractivity contribution in [1.82, 2.24) is 0 Å². The summed E-state index contributed by atoms with van der Waals surface area (Å²) >= 11 is 0. The molecule has 0 aromatic carbocycles. The van der Waals surface area contributed by atoms with Gasteiger partial charge in [-0.2, -0.15) is 0 Å². The van der Waals surface area contributed by atoms with Crippen LogP contribution in [-0.4, -0.2) is 33.9 Å². The number of hydrogen-bond donors (Lipinski definition) is 2. The van der Waals surface area contributed by atoms with Gasteiger partial charge in [-0.3, -0.25) is 9.13 Å². The zero-order chi connectivity index (χ0) is 11.4. The molecule has 0 aromatic rings. The van der Waals surface area contributed by atoms with Crippen LogP contribution in [0.3, 0.4) is 0 Å². The smallest absolute Gasteiger partial charge is 0.203 e. The molecule has 86 valence electrons. The van der Waals surface area contributed by atoms with Gasteiger partial charge in [0.15, 0.2) is 0 Å². The zero-order valence-electron chi connectivity index (χ0n) is 9.01. The molecule has 0 saturated heterocycles. The molecular formula is C8H20O4P2. The Hall–Kier alpha value is 0.380. The summed E-state index contributed by atoms with van der Waals surface area (Å²) in [7, 11) is -6.41. The molecular weight excluding hydrogens is 222 g/mol. The van der Waals surface area contributed by atoms with E-state index < -0.39 is 20.4 Å². The van der Waals surface area contributed by atoms with Gasteiger partial charge in [0.25, 0.3) is 0 Å². The van der Waals surface area contributed by atoms with Crippen LogP contribution in [0, 0.1) is 0 Å². The summed E-state index contributed by atoms with van der Waals surface area (Å²) in [6, 6.07) is 0. The monoisotopic (exact) mass is 242 g/mol. The Morgan fingerprint density at radius 2 is 1.57 bits per heavy atom. The molecule has 0 rings (SSSR count). The average Bonchev–Trinajstić information content (AvgIpc) is 2.14. The lowest BCUT2D eigenvalue weighted by atomic mass is 10.4. The molecule has 0 saturated carbocycles. The van der Waals surface area contributed by atoms with Crippen LogP contribution in [-0.2, 0) is 9.13 Å². The van der Waals surface area contributed by atoms with Gasteiger partial charge >= 0.3 is 0 Å². The Balaban J connectivity index is 4.61. The van der Waals surface area contributed by atoms with Gasteiger partial charge in [-0.25, -0.2) is 0 Å². The van der Waals surface area contributed by atoms with Crippen LogP contribution >= 0.6 is 14.7 Å². The minimum absolute atomic E-state index is 0.0262. The summed E-state index contributed by atoms with van der Waals surface area (Å²) in [5.74, 6) is 0. The summed E-state index contributed by atoms with van der Waals surface area (Å²) < 4.78 is 23.1. The Labute approximate surface area is 85.6 Å². The molecule has 0 aliphatic heterocycles. The molecule has 2 N–H and O–H groups in total. The van der Waals surface area contributed by atoms with E-state index in [0.29, 0.717) is 6.42 Å². The van der Waals surface area contributed by atoms with Gasteiger partial charge in [0.05, 0.1) is 0 Å². The van der Waals surface area contributed by atoms with E-state index in [9.17, 15) is 18.9 Å². The van der Waals surface area contributed by atoms with Crippen LogP contribution in [0.4, 0.5) is 0 Å². The molecule has 0 aromatic heterocycles. The Bertz CT molecular complexity index is 264. The minimum atomic E-state index is -3.23. The summed E-state index contributed by atoms with van der Waals surface area (Å²) in [4.78, 5) is 19.0. The van der Waals surface area contributed by atoms with Crippen LogP contribution in [0.1, 0.15) is 27.2 Å². The van der Waals surface area contributed by atoms with Gasteiger partial charge in [-0.15, -0.1) is 0 Å². The fraction of sp³-hybridized carbons (Fsp3) is 1.00. The van der Waals surface area contributed by atoms with E-state index in [1.807, 2.05) is 0 Å². The third-order valence-corrected chi connectivity index (χ3v) is 7.37. The van der Waals surface area contributed by atoms with Crippen LogP contribution in [0.25, 0.3) is 0 Å². The molecule has 6 heteroatoms. The van der Waals surface area contributed by atoms with Gasteiger partial charge in [-0.05, 0) is 6.42 Å². The summed E-state index contributed by atoms with van der Waals surface area (Å²) in [6.07, 6.45) is 0.802. The maximum absolute atomic E-state index is 11.6. The Kier molecular flexibility index (Phi) is 5.61. The standard InChI is InChI=1S/C8H20O4P2/c1-4-8(14(11,12)6-3)7-13(9,10)5-2/h8H,4-7H2,1-3H3,(H,9,10)(H,11,12). The van der Waals surface area contributed by atoms with E-state index in [2.05, 4.69) is 0 Å². The van der Waals surface area contributed by atoms with Gasteiger partial charge < -0.3 is 9.79 Å². The van der Waals surface area contributed by atoms with E-state index in [1.165, 1.54) is 0 Å². The van der Waals surface area contributed by atoms with Gasteiger partial charge in [0.1, 0.15) is 0 Å². The third-order valence-electron chi connectivity index (χ3n) is 2.49. The number of rotatable bonds is 6. The number of hydrogen-bond acceptors (Lipinski definition) is 2. The highest BCUT2D eigenvalue weighted by atomic mass is 31.2. The van der Waals surface area contributed by atoms with Crippen molar-refractivity contribution in [3.8, 4) is 0 Å². The second-order valence-corrected chi connectivity index (χ2v) is 9.04. The normalized spacial score (nSPS) is 22.4. The first-order valence-electron chi connectivity index (χ1n) is 4.91. The highest BCUT2D eigenvalue weighted by Crippen LogP contribution is 2.54. The third kappa shape index (κ3) is 4.27. The van der Waals surface area contributed by atoms with Crippen molar-refractivity contribution < 1.29 is 18.9 Å². The maximum Gasteiger partial charge on any atom is 0.203 e. The molecule has 3 unspecified atom stereocenters. The lowest BCUT2D eigenvalue weighted by molar-refractivity contribution is 0.452. The van der Waals surface area contributed by atoms with E-state index in [4.69, 9.17) is 0 Å². The summed E-state index contributed by atoms with van der Waals surface area (Å²) in [5.41, 5.74) is -0.525. The van der Waals surface area contributed by atoms with E-state index in [0.717, 1.165) is 0 Å². The largest absolute Gasteiger partial charge is 0.344 e. The van der Waals surface area contributed by atoms with Crippen molar-refractivity contribution in [3.63, 3.8) is 0 Å². The Morgan fingerprint density at radius 3 is 1.86 bits per heavy atom. The van der Waals surface area contributed by atoms with Crippen molar-refractivity contribution in [1.29, 1.82) is 0 Å². The lowest BCUT2D eigenvalue weighted by Gasteiger charge is -2.22. The molecule has 0 bridgehead atoms. The van der Waals surface area contributed by atoms with Crippen LogP contribution in [0.5, 0.6) is 0 Å². The van der Waals surface area contributed by atoms with Crippen molar-refractivity contribution in [2.24, 2.45) is 0 Å². The lowest BCUT2D eigenvalue weighted by Crippen LogP contribution is -2.15. The second-order valence-electron chi connectivity index (χ2n) is 3.48. The second kappa shape index (κ2) is 5.46. The predicted octanol–water partition coefficient (Wildman–Crippen LogP) is 2.35. The van der Waals surface area contributed by atoms with Gasteiger partial charge in [0.2, 0.25) is 14.7 Å². The highest BCUT2D eigenvalue weighted by Gasteiger charge is 2.32. The van der Waals surface area contributed by atoms with E-state index >= 15 is 0 Å². The summed E-state index contributed by atoms with van der Waals surface area (Å²) in [6.45, 7) is 5.04. The molecule has 4 nitrogen and oxygen atoms in total. The van der Waals surface area contributed by atoms with Crippen LogP contribution < -0.4 is 0 Å². The predicted molar refractivity (Wildman–Crippen MR) is 59.7 cm³/mol. The van der Waals surface area contributed by atoms with Crippen molar-refractivity contribution in [2.45, 2.75) is 32.9 Å². The van der Waals surface area contributed by atoms with Crippen LogP contribution in [0.2, 0.25) is 0 Å². The maximum atomic E-state index is 11.6. The zero-order valence-corrected chi connectivity index (χ0v) is 10.8. The molecule has 0 spiro atoms. The first kappa shape index (κ1) is 14.4. The molecule has 0 aliphatic rings. The van der Waals surface area contributed by atoms with Crippen LogP contribution in [0.15, 0.2) is 0 Å². The highest BCUT2D eigenvalue weighted by molar-refractivity contribution is 7.62. The molecule has 3 atom stereocenters. The van der Waals surface area contributed by atoms with E-state index in [-0.39, 0.29) is 18.5 Å². The van der Waals surface area contributed by atoms with Crippen molar-refractivity contribution in [3.05, 3.63) is 0 Å². The summed E-state index contributed by atoms with van der Waals surface area (Å²) in [5, 5.41) is 0. The Morgan fingerprint density at radius 1 is 1.07 bits per heavy atom. The molecule has 0 aliphatic carbocycles. The van der Waals surface area contributed by atoms with Crippen molar-refractivity contribution in [2.75, 3.05) is 18.5 Å². The minimum Gasteiger partial charge on any atom is -0.344 e. The van der Waals surface area contributed by atoms with Crippen molar-refractivity contribution >= 4 is 14.7 Å². The first-order valence-corrected chi connectivity index (χ1v) is 8.85. The van der Waals surface area contributed by atoms with E-state index in [1.54, 1.807) is 20.8 Å². The SMILES string of the molecule is CCC(CP(=O)(O)CC)P(=O)(O)CC. The van der Waals surface area contributed by atoms with Gasteiger partial charge in [0, 0.05) is 24.1 Å². The fourth-order valence-electron chi connectivity index (χ4n) is 1.26. The molecule has 0 heterocycles. The van der Waals surface area contributed by atoms with Gasteiger partial charge in [-0.1, -0.05) is 20.8 Å². The molecule has 0 fully saturated rings. The quantitative estimate of drug-likeness (QED) is 0.701.